The van der Waals surface area contributed by atoms with Gasteiger partial charge >= 0.3 is 0 Å². The first-order valence-electron chi connectivity index (χ1n) is 4.24. The monoisotopic (exact) mass is 187 g/mol. The minimum absolute atomic E-state index is 0.0181. The summed E-state index contributed by atoms with van der Waals surface area (Å²) in [6.45, 7) is 3.05. The molecule has 0 aliphatic carbocycles. The molecule has 0 aliphatic rings. The van der Waals surface area contributed by atoms with Gasteiger partial charge in [-0.2, -0.15) is 0 Å². The molecule has 0 radical (unpaired) electrons. The summed E-state index contributed by atoms with van der Waals surface area (Å²) >= 11 is 0. The molecule has 6 heteroatoms. The number of carbonyl (C=O) groups is 1. The van der Waals surface area contributed by atoms with E-state index < -0.39 is 0 Å². The summed E-state index contributed by atoms with van der Waals surface area (Å²) in [5.41, 5.74) is 7.42. The molecule has 0 aromatic rings. The van der Waals surface area contributed by atoms with Gasteiger partial charge in [0.05, 0.1) is 6.54 Å². The summed E-state index contributed by atoms with van der Waals surface area (Å²) in [5.74, 6) is 5.09. The first kappa shape index (κ1) is 11.7. The number of hydrogen-bond acceptors (Lipinski definition) is 3. The highest BCUT2D eigenvalue weighted by atomic mass is 16.1. The van der Waals surface area contributed by atoms with Crippen LogP contribution in [-0.4, -0.2) is 25.0 Å². The van der Waals surface area contributed by atoms with Crippen molar-refractivity contribution in [1.82, 2.24) is 10.7 Å². The SMILES string of the molecule is CCCNC(=O)CCN=C(N)NN. The third-order valence-corrected chi connectivity index (χ3v) is 1.34. The first-order valence-corrected chi connectivity index (χ1v) is 4.24. The van der Waals surface area contributed by atoms with E-state index in [0.717, 1.165) is 6.42 Å². The van der Waals surface area contributed by atoms with Crippen LogP contribution in [0.4, 0.5) is 0 Å². The Hall–Kier alpha value is -1.30. The number of hydrazine groups is 1. The second-order valence-corrected chi connectivity index (χ2v) is 2.51. The quantitative estimate of drug-likeness (QED) is 0.185. The van der Waals surface area contributed by atoms with Crippen LogP contribution in [0.3, 0.4) is 0 Å². The van der Waals surface area contributed by atoms with Gasteiger partial charge in [-0.05, 0) is 6.42 Å². The second kappa shape index (κ2) is 7.35. The number of guanidine groups is 1. The Balaban J connectivity index is 3.47. The molecule has 0 spiro atoms. The Kier molecular flexibility index (Phi) is 6.62. The predicted molar refractivity (Wildman–Crippen MR) is 51.7 cm³/mol. The van der Waals surface area contributed by atoms with Crippen LogP contribution in [0.25, 0.3) is 0 Å². The number of aliphatic imine (C=N–C) groups is 1. The third-order valence-electron chi connectivity index (χ3n) is 1.34. The van der Waals surface area contributed by atoms with Gasteiger partial charge in [-0.3, -0.25) is 15.2 Å². The number of nitrogens with one attached hydrogen (secondary N) is 2. The molecule has 0 bridgehead atoms. The Morgan fingerprint density at radius 1 is 1.54 bits per heavy atom. The van der Waals surface area contributed by atoms with Crippen LogP contribution in [0.2, 0.25) is 0 Å². The fourth-order valence-electron chi connectivity index (χ4n) is 0.676. The molecule has 13 heavy (non-hydrogen) atoms. The lowest BCUT2D eigenvalue weighted by molar-refractivity contribution is -0.120. The fourth-order valence-corrected chi connectivity index (χ4v) is 0.676. The number of nitrogens with two attached hydrogens (primary N) is 2. The Morgan fingerprint density at radius 2 is 2.23 bits per heavy atom. The lowest BCUT2D eigenvalue weighted by Crippen LogP contribution is -2.37. The largest absolute Gasteiger partial charge is 0.369 e. The van der Waals surface area contributed by atoms with Crippen molar-refractivity contribution >= 4 is 11.9 Å². The van der Waals surface area contributed by atoms with E-state index in [1.165, 1.54) is 0 Å². The molecule has 0 fully saturated rings. The standard InChI is InChI=1S/C7H17N5O/c1-2-4-10-6(13)3-5-11-7(8)12-9/h2-5,9H2,1H3,(H,10,13)(H3,8,11,12). The van der Waals surface area contributed by atoms with Crippen molar-refractivity contribution in [3.63, 3.8) is 0 Å². The van der Waals surface area contributed by atoms with Crippen LogP contribution in [0, 0.1) is 0 Å². The number of hydrogen-bond donors (Lipinski definition) is 4. The molecular weight excluding hydrogens is 170 g/mol. The minimum Gasteiger partial charge on any atom is -0.369 e. The molecule has 6 N–H and O–H groups in total. The van der Waals surface area contributed by atoms with E-state index >= 15 is 0 Å². The Bertz CT molecular complexity index is 180. The lowest BCUT2D eigenvalue weighted by Gasteiger charge is -2.01. The van der Waals surface area contributed by atoms with Crippen molar-refractivity contribution < 1.29 is 4.79 Å². The third kappa shape index (κ3) is 7.07. The van der Waals surface area contributed by atoms with Gasteiger partial charge in [0, 0.05) is 13.0 Å². The van der Waals surface area contributed by atoms with Gasteiger partial charge in [0.25, 0.3) is 0 Å². The van der Waals surface area contributed by atoms with Crippen molar-refractivity contribution in [2.24, 2.45) is 16.6 Å². The molecule has 0 aromatic carbocycles. The van der Waals surface area contributed by atoms with Gasteiger partial charge in [0.1, 0.15) is 0 Å². The van der Waals surface area contributed by atoms with E-state index in [1.807, 2.05) is 6.92 Å². The van der Waals surface area contributed by atoms with Gasteiger partial charge in [-0.1, -0.05) is 6.92 Å². The molecule has 0 atom stereocenters. The molecule has 0 saturated carbocycles. The average Bonchev–Trinajstić information content (AvgIpc) is 2.14. The highest BCUT2D eigenvalue weighted by Gasteiger charge is 1.97. The number of carbonyl (C=O) groups excluding carboxylic acids is 1. The van der Waals surface area contributed by atoms with E-state index in [2.05, 4.69) is 15.7 Å². The molecule has 0 unspecified atom stereocenters. The van der Waals surface area contributed by atoms with Gasteiger partial charge in [-0.25, -0.2) is 5.84 Å². The topological polar surface area (TPSA) is 106 Å². The zero-order chi connectivity index (χ0) is 10.1. The van der Waals surface area contributed by atoms with Crippen molar-refractivity contribution in [2.75, 3.05) is 13.1 Å². The van der Waals surface area contributed by atoms with Crippen LogP contribution in [0.1, 0.15) is 19.8 Å². The summed E-state index contributed by atoms with van der Waals surface area (Å²) in [6.07, 6.45) is 1.27. The minimum atomic E-state index is -0.0181. The van der Waals surface area contributed by atoms with Crippen molar-refractivity contribution in [2.45, 2.75) is 19.8 Å². The average molecular weight is 187 g/mol. The summed E-state index contributed by atoms with van der Waals surface area (Å²) in [5, 5.41) is 2.72. The Labute approximate surface area is 77.7 Å². The maximum Gasteiger partial charge on any atom is 0.221 e. The molecule has 0 aromatic heterocycles. The van der Waals surface area contributed by atoms with Crippen LogP contribution < -0.4 is 22.3 Å². The smallest absolute Gasteiger partial charge is 0.221 e. The van der Waals surface area contributed by atoms with E-state index in [-0.39, 0.29) is 11.9 Å². The molecule has 0 saturated heterocycles. The maximum absolute atomic E-state index is 11.0. The number of amides is 1. The molecule has 0 heterocycles. The molecule has 0 aliphatic heterocycles. The van der Waals surface area contributed by atoms with E-state index in [0.29, 0.717) is 19.5 Å². The first-order chi connectivity index (χ1) is 6.20. The summed E-state index contributed by atoms with van der Waals surface area (Å²) in [7, 11) is 0. The zero-order valence-corrected chi connectivity index (χ0v) is 7.84. The van der Waals surface area contributed by atoms with Crippen LogP contribution >= 0.6 is 0 Å². The van der Waals surface area contributed by atoms with Crippen molar-refractivity contribution in [3.05, 3.63) is 0 Å². The highest BCUT2D eigenvalue weighted by molar-refractivity contribution is 5.78. The van der Waals surface area contributed by atoms with Crippen molar-refractivity contribution in [3.8, 4) is 0 Å². The van der Waals surface area contributed by atoms with Gasteiger partial charge in [-0.15, -0.1) is 0 Å². The second-order valence-electron chi connectivity index (χ2n) is 2.51. The molecule has 76 valence electrons. The van der Waals surface area contributed by atoms with Crippen LogP contribution in [-0.2, 0) is 4.79 Å². The van der Waals surface area contributed by atoms with Crippen LogP contribution in [0.15, 0.2) is 4.99 Å². The summed E-state index contributed by atoms with van der Waals surface area (Å²) in [4.78, 5) is 14.8. The molecule has 0 rings (SSSR count). The zero-order valence-electron chi connectivity index (χ0n) is 7.84. The fraction of sp³-hybridized carbons (Fsp3) is 0.714. The molecular formula is C7H17N5O. The van der Waals surface area contributed by atoms with Crippen LogP contribution in [0.5, 0.6) is 0 Å². The summed E-state index contributed by atoms with van der Waals surface area (Å²) in [6, 6.07) is 0. The summed E-state index contributed by atoms with van der Waals surface area (Å²) < 4.78 is 0. The predicted octanol–water partition coefficient (Wildman–Crippen LogP) is -1.32. The lowest BCUT2D eigenvalue weighted by atomic mass is 10.4. The number of rotatable bonds is 5. The van der Waals surface area contributed by atoms with E-state index in [4.69, 9.17) is 11.6 Å². The van der Waals surface area contributed by atoms with Crippen molar-refractivity contribution in [1.29, 1.82) is 0 Å². The molecule has 1 amide bonds. The number of nitrogens with zero attached hydrogens (tertiary/aromatic N) is 1. The van der Waals surface area contributed by atoms with Gasteiger partial charge in [0.15, 0.2) is 0 Å². The normalized spacial score (nSPS) is 11.1. The molecule has 6 nitrogen and oxygen atoms in total. The van der Waals surface area contributed by atoms with Gasteiger partial charge in [0.2, 0.25) is 11.9 Å². The highest BCUT2D eigenvalue weighted by Crippen LogP contribution is 1.82. The van der Waals surface area contributed by atoms with E-state index in [9.17, 15) is 4.79 Å². The Morgan fingerprint density at radius 3 is 2.77 bits per heavy atom. The maximum atomic E-state index is 11.0. The van der Waals surface area contributed by atoms with Gasteiger partial charge < -0.3 is 11.1 Å². The van der Waals surface area contributed by atoms with E-state index in [1.54, 1.807) is 0 Å².